The van der Waals surface area contributed by atoms with E-state index in [0.717, 1.165) is 16.8 Å². The van der Waals surface area contributed by atoms with Crippen LogP contribution in [0.5, 0.6) is 5.75 Å². The van der Waals surface area contributed by atoms with Gasteiger partial charge in [0.05, 0.1) is 10.7 Å². The molecule has 2 aliphatic heterocycles. The van der Waals surface area contributed by atoms with Crippen LogP contribution in [0.25, 0.3) is 0 Å². The SMILES string of the molecule is Cc1cccc(NC(=O)C2CCN(S(=O)(=O)c3cc4c(cc3Cl)NC(=O)CO4)CC2)c1C. The number of anilines is 2. The minimum atomic E-state index is -3.88. The molecule has 2 aromatic carbocycles. The van der Waals surface area contributed by atoms with Gasteiger partial charge in [-0.25, -0.2) is 8.42 Å². The number of halogens is 1. The van der Waals surface area contributed by atoms with E-state index in [1.807, 2.05) is 32.0 Å². The molecule has 4 rings (SSSR count). The van der Waals surface area contributed by atoms with Gasteiger partial charge in [-0.2, -0.15) is 4.31 Å². The van der Waals surface area contributed by atoms with Gasteiger partial charge in [0.2, 0.25) is 15.9 Å². The first-order chi connectivity index (χ1) is 15.2. The van der Waals surface area contributed by atoms with E-state index >= 15 is 0 Å². The Hall–Kier alpha value is -2.62. The summed E-state index contributed by atoms with van der Waals surface area (Å²) in [5, 5.41) is 5.58. The molecule has 1 saturated heterocycles. The molecule has 8 nitrogen and oxygen atoms in total. The topological polar surface area (TPSA) is 105 Å². The van der Waals surface area contributed by atoms with Gasteiger partial charge in [-0.15, -0.1) is 0 Å². The van der Waals surface area contributed by atoms with Crippen molar-refractivity contribution in [3.05, 3.63) is 46.5 Å². The van der Waals surface area contributed by atoms with Crippen molar-refractivity contribution < 1.29 is 22.7 Å². The van der Waals surface area contributed by atoms with Crippen LogP contribution in [-0.4, -0.2) is 44.2 Å². The molecule has 2 N–H and O–H groups in total. The third kappa shape index (κ3) is 4.32. The second-order valence-electron chi connectivity index (χ2n) is 8.03. The van der Waals surface area contributed by atoms with E-state index in [4.69, 9.17) is 16.3 Å². The summed E-state index contributed by atoms with van der Waals surface area (Å²) in [6.07, 6.45) is 0.816. The van der Waals surface area contributed by atoms with Crippen LogP contribution in [-0.2, 0) is 19.6 Å². The summed E-state index contributed by atoms with van der Waals surface area (Å²) >= 11 is 6.23. The molecule has 2 amide bonds. The van der Waals surface area contributed by atoms with Gasteiger partial charge < -0.3 is 15.4 Å². The Morgan fingerprint density at radius 3 is 2.66 bits per heavy atom. The highest BCUT2D eigenvalue weighted by molar-refractivity contribution is 7.89. The number of ether oxygens (including phenoxy) is 1. The van der Waals surface area contributed by atoms with Crippen LogP contribution in [0.2, 0.25) is 5.02 Å². The van der Waals surface area contributed by atoms with Crippen LogP contribution in [0.4, 0.5) is 11.4 Å². The van der Waals surface area contributed by atoms with Gasteiger partial charge in [0.1, 0.15) is 10.6 Å². The Morgan fingerprint density at radius 2 is 1.94 bits per heavy atom. The highest BCUT2D eigenvalue weighted by atomic mass is 35.5. The maximum atomic E-state index is 13.2. The number of carbonyl (C=O) groups is 2. The van der Waals surface area contributed by atoms with E-state index in [0.29, 0.717) is 18.5 Å². The first kappa shape index (κ1) is 22.6. The predicted molar refractivity (Wildman–Crippen MR) is 122 cm³/mol. The van der Waals surface area contributed by atoms with Gasteiger partial charge in [0, 0.05) is 30.8 Å². The van der Waals surface area contributed by atoms with Gasteiger partial charge in [0.25, 0.3) is 5.91 Å². The molecule has 0 aromatic heterocycles. The Kier molecular flexibility index (Phi) is 6.15. The minimum absolute atomic E-state index is 0.00402. The molecule has 2 heterocycles. The number of carbonyl (C=O) groups excluding carboxylic acids is 2. The van der Waals surface area contributed by atoms with Crippen LogP contribution in [0, 0.1) is 19.8 Å². The molecule has 0 saturated carbocycles. The molecule has 0 radical (unpaired) electrons. The monoisotopic (exact) mass is 477 g/mol. The fourth-order valence-corrected chi connectivity index (χ4v) is 5.89. The van der Waals surface area contributed by atoms with Gasteiger partial charge in [0.15, 0.2) is 6.61 Å². The molecule has 0 unspecified atom stereocenters. The maximum absolute atomic E-state index is 13.2. The smallest absolute Gasteiger partial charge is 0.262 e. The van der Waals surface area contributed by atoms with Crippen LogP contribution in [0.3, 0.4) is 0 Å². The quantitative estimate of drug-likeness (QED) is 0.702. The van der Waals surface area contributed by atoms with Gasteiger partial charge in [-0.1, -0.05) is 23.7 Å². The number of piperidine rings is 1. The van der Waals surface area contributed by atoms with Crippen LogP contribution in [0.1, 0.15) is 24.0 Å². The fraction of sp³-hybridized carbons (Fsp3) is 0.364. The second-order valence-corrected chi connectivity index (χ2v) is 10.3. The Morgan fingerprint density at radius 1 is 1.22 bits per heavy atom. The molecule has 0 bridgehead atoms. The number of rotatable bonds is 4. The second kappa shape index (κ2) is 8.73. The average Bonchev–Trinajstić information content (AvgIpc) is 2.76. The standard InChI is InChI=1S/C22H24ClN3O5S/c1-13-4-3-5-17(14(13)2)25-22(28)15-6-8-26(9-7-15)32(29,30)20-11-19-18(10-16(20)23)24-21(27)12-31-19/h3-5,10-11,15H,6-9,12H2,1-2H3,(H,24,27)(H,25,28). The van der Waals surface area contributed by atoms with Crippen molar-refractivity contribution in [2.45, 2.75) is 31.6 Å². The van der Waals surface area contributed by atoms with Crippen LogP contribution < -0.4 is 15.4 Å². The number of hydrogen-bond donors (Lipinski definition) is 2. The lowest BCUT2D eigenvalue weighted by atomic mass is 9.97. The number of sulfonamides is 1. The molecule has 0 atom stereocenters. The summed E-state index contributed by atoms with van der Waals surface area (Å²) in [5.41, 5.74) is 3.22. The number of nitrogens with one attached hydrogen (secondary N) is 2. The highest BCUT2D eigenvalue weighted by Gasteiger charge is 2.34. The first-order valence-electron chi connectivity index (χ1n) is 10.3. The third-order valence-corrected chi connectivity index (χ3v) is 8.34. The first-order valence-corrected chi connectivity index (χ1v) is 12.1. The van der Waals surface area contributed by atoms with Gasteiger partial charge in [-0.3, -0.25) is 9.59 Å². The van der Waals surface area contributed by atoms with E-state index in [1.54, 1.807) is 0 Å². The molecular weight excluding hydrogens is 454 g/mol. The van der Waals surface area contributed by atoms with Crippen molar-refractivity contribution >= 4 is 44.8 Å². The minimum Gasteiger partial charge on any atom is -0.482 e. The van der Waals surface area contributed by atoms with Crippen molar-refractivity contribution in [3.8, 4) is 5.75 Å². The van der Waals surface area contributed by atoms with Gasteiger partial charge in [-0.05, 0) is 49.9 Å². The lowest BCUT2D eigenvalue weighted by Crippen LogP contribution is -2.41. The number of nitrogens with zero attached hydrogens (tertiary/aromatic N) is 1. The van der Waals surface area contributed by atoms with Crippen LogP contribution >= 0.6 is 11.6 Å². The lowest BCUT2D eigenvalue weighted by molar-refractivity contribution is -0.121. The Labute approximate surface area is 191 Å². The molecule has 2 aromatic rings. The van der Waals surface area contributed by atoms with Crippen molar-refractivity contribution in [3.63, 3.8) is 0 Å². The molecule has 0 spiro atoms. The zero-order valence-electron chi connectivity index (χ0n) is 17.8. The van der Waals surface area contributed by atoms with Crippen LogP contribution in [0.15, 0.2) is 35.2 Å². The normalized spacial score (nSPS) is 17.3. The molecule has 2 aliphatic rings. The molecule has 10 heteroatoms. The van der Waals surface area contributed by atoms with E-state index in [2.05, 4.69) is 10.6 Å². The molecule has 32 heavy (non-hydrogen) atoms. The maximum Gasteiger partial charge on any atom is 0.262 e. The number of benzene rings is 2. The summed E-state index contributed by atoms with van der Waals surface area (Å²) in [5.74, 6) is -0.452. The third-order valence-electron chi connectivity index (χ3n) is 5.97. The number of fused-ring (bicyclic) bond motifs is 1. The summed E-state index contributed by atoms with van der Waals surface area (Å²) in [4.78, 5) is 24.1. The summed E-state index contributed by atoms with van der Waals surface area (Å²) in [6.45, 7) is 4.17. The molecule has 1 fully saturated rings. The number of amides is 2. The highest BCUT2D eigenvalue weighted by Crippen LogP contribution is 2.37. The molecule has 170 valence electrons. The zero-order chi connectivity index (χ0) is 23.0. The average molecular weight is 478 g/mol. The fourth-order valence-electron chi connectivity index (χ4n) is 3.90. The molecular formula is C22H24ClN3O5S. The van der Waals surface area contributed by atoms with Crippen molar-refractivity contribution in [2.24, 2.45) is 5.92 Å². The number of aryl methyl sites for hydroxylation is 1. The summed E-state index contributed by atoms with van der Waals surface area (Å²) < 4.78 is 33.1. The van der Waals surface area contributed by atoms with E-state index in [1.165, 1.54) is 16.4 Å². The lowest BCUT2D eigenvalue weighted by Gasteiger charge is -2.31. The molecule has 0 aliphatic carbocycles. The van der Waals surface area contributed by atoms with E-state index in [9.17, 15) is 18.0 Å². The Bertz CT molecular complexity index is 1190. The van der Waals surface area contributed by atoms with Crippen molar-refractivity contribution in [2.75, 3.05) is 30.3 Å². The van der Waals surface area contributed by atoms with Gasteiger partial charge >= 0.3 is 0 Å². The van der Waals surface area contributed by atoms with E-state index in [-0.39, 0.29) is 53.1 Å². The summed E-state index contributed by atoms with van der Waals surface area (Å²) in [6, 6.07) is 8.46. The number of hydrogen-bond acceptors (Lipinski definition) is 5. The Balaban J connectivity index is 1.45. The van der Waals surface area contributed by atoms with Crippen molar-refractivity contribution in [1.82, 2.24) is 4.31 Å². The predicted octanol–water partition coefficient (Wildman–Crippen LogP) is 3.33. The zero-order valence-corrected chi connectivity index (χ0v) is 19.3. The largest absolute Gasteiger partial charge is 0.482 e. The summed E-state index contributed by atoms with van der Waals surface area (Å²) in [7, 11) is -3.88. The van der Waals surface area contributed by atoms with Crippen molar-refractivity contribution in [1.29, 1.82) is 0 Å². The van der Waals surface area contributed by atoms with E-state index < -0.39 is 10.0 Å².